The van der Waals surface area contributed by atoms with Crippen LogP contribution in [0.3, 0.4) is 0 Å². The van der Waals surface area contributed by atoms with Crippen LogP contribution in [0, 0.1) is 0 Å². The molecule has 0 fully saturated rings. The van der Waals surface area contributed by atoms with E-state index in [-0.39, 0.29) is 6.04 Å². The fourth-order valence-electron chi connectivity index (χ4n) is 2.06. The molecule has 5 heteroatoms. The molecule has 0 saturated carbocycles. The number of halogens is 1. The van der Waals surface area contributed by atoms with Crippen molar-refractivity contribution in [1.29, 1.82) is 0 Å². The first-order valence-electron chi connectivity index (χ1n) is 6.41. The Morgan fingerprint density at radius 3 is 2.65 bits per heavy atom. The maximum Gasteiger partial charge on any atom is 0.212 e. The predicted octanol–water partition coefficient (Wildman–Crippen LogP) is 2.36. The van der Waals surface area contributed by atoms with E-state index in [0.29, 0.717) is 5.88 Å². The van der Waals surface area contributed by atoms with Crippen LogP contribution in [-0.2, 0) is 12.8 Å². The highest BCUT2D eigenvalue weighted by Gasteiger charge is 2.11. The fourth-order valence-corrected chi connectivity index (χ4v) is 2.27. The smallest absolute Gasteiger partial charge is 0.212 e. The molecule has 1 atom stereocenters. The molecule has 0 spiro atoms. The number of hydrogen-bond donors (Lipinski definition) is 2. The fraction of sp³-hybridized carbons (Fsp3) is 0.267. The molecular formula is C15H18ClN3O. The molecule has 1 unspecified atom stereocenters. The van der Waals surface area contributed by atoms with Crippen molar-refractivity contribution in [3.63, 3.8) is 0 Å². The molecule has 20 heavy (non-hydrogen) atoms. The van der Waals surface area contributed by atoms with E-state index in [0.717, 1.165) is 29.0 Å². The molecule has 1 aromatic heterocycles. The van der Waals surface area contributed by atoms with E-state index in [9.17, 15) is 0 Å². The average molecular weight is 292 g/mol. The molecule has 2 rings (SSSR count). The summed E-state index contributed by atoms with van der Waals surface area (Å²) in [5, 5.41) is 0.764. The molecular weight excluding hydrogens is 274 g/mol. The summed E-state index contributed by atoms with van der Waals surface area (Å²) in [6.45, 7) is 0. The number of benzene rings is 1. The van der Waals surface area contributed by atoms with Gasteiger partial charge in [0.05, 0.1) is 7.11 Å². The minimum atomic E-state index is 0.102. The number of rotatable bonds is 6. The van der Waals surface area contributed by atoms with Gasteiger partial charge in [-0.1, -0.05) is 35.9 Å². The number of ether oxygens (including phenoxy) is 1. The highest BCUT2D eigenvalue weighted by atomic mass is 35.5. The molecule has 3 N–H and O–H groups in total. The Balaban J connectivity index is 2.03. The van der Waals surface area contributed by atoms with Crippen molar-refractivity contribution in [3.05, 3.63) is 58.7 Å². The quantitative estimate of drug-likeness (QED) is 0.634. The number of methoxy groups -OCH3 is 1. The zero-order chi connectivity index (χ0) is 14.4. The Hall–Kier alpha value is -1.62. The van der Waals surface area contributed by atoms with Gasteiger partial charge in [-0.2, -0.15) is 0 Å². The van der Waals surface area contributed by atoms with Gasteiger partial charge >= 0.3 is 0 Å². The molecule has 0 radical (unpaired) electrons. The second kappa shape index (κ2) is 7.24. The van der Waals surface area contributed by atoms with E-state index in [4.69, 9.17) is 22.2 Å². The Kier molecular flexibility index (Phi) is 5.35. The number of nitrogens with two attached hydrogens (primary N) is 1. The van der Waals surface area contributed by atoms with Gasteiger partial charge in [-0.3, -0.25) is 11.3 Å². The van der Waals surface area contributed by atoms with Crippen molar-refractivity contribution < 1.29 is 4.74 Å². The summed E-state index contributed by atoms with van der Waals surface area (Å²) in [4.78, 5) is 4.19. The van der Waals surface area contributed by atoms with E-state index in [1.165, 1.54) is 0 Å². The van der Waals surface area contributed by atoms with Gasteiger partial charge in [0.2, 0.25) is 5.88 Å². The number of hydrogen-bond acceptors (Lipinski definition) is 4. The molecule has 0 saturated heterocycles. The van der Waals surface area contributed by atoms with E-state index in [2.05, 4.69) is 10.4 Å². The maximum absolute atomic E-state index is 6.17. The molecule has 0 aliphatic heterocycles. The normalized spacial score (nSPS) is 12.2. The third-order valence-corrected chi connectivity index (χ3v) is 3.52. The lowest BCUT2D eigenvalue weighted by Crippen LogP contribution is -2.38. The number of hydrazine groups is 1. The second-order valence-corrected chi connectivity index (χ2v) is 4.98. The summed E-state index contributed by atoms with van der Waals surface area (Å²) >= 11 is 6.17. The van der Waals surface area contributed by atoms with E-state index in [1.54, 1.807) is 13.3 Å². The Morgan fingerprint density at radius 2 is 2.05 bits per heavy atom. The summed E-state index contributed by atoms with van der Waals surface area (Å²) in [5.41, 5.74) is 5.02. The van der Waals surface area contributed by atoms with Crippen LogP contribution in [0.2, 0.25) is 5.02 Å². The average Bonchev–Trinajstić information content (AvgIpc) is 2.49. The number of aromatic nitrogens is 1. The van der Waals surface area contributed by atoms with Crippen LogP contribution in [-0.4, -0.2) is 18.1 Å². The van der Waals surface area contributed by atoms with E-state index < -0.39 is 0 Å². The van der Waals surface area contributed by atoms with E-state index in [1.807, 2.05) is 36.4 Å². The highest BCUT2D eigenvalue weighted by molar-refractivity contribution is 6.31. The number of pyridine rings is 1. The van der Waals surface area contributed by atoms with Crippen LogP contribution < -0.4 is 16.0 Å². The van der Waals surface area contributed by atoms with Crippen molar-refractivity contribution in [2.24, 2.45) is 5.84 Å². The third-order valence-electron chi connectivity index (χ3n) is 3.15. The van der Waals surface area contributed by atoms with Crippen LogP contribution in [0.15, 0.2) is 42.6 Å². The lowest BCUT2D eigenvalue weighted by Gasteiger charge is -2.16. The van der Waals surface area contributed by atoms with Gasteiger partial charge in [-0.25, -0.2) is 4.98 Å². The van der Waals surface area contributed by atoms with Crippen molar-refractivity contribution in [2.45, 2.75) is 18.9 Å². The van der Waals surface area contributed by atoms with Gasteiger partial charge in [-0.05, 0) is 30.0 Å². The summed E-state index contributed by atoms with van der Waals surface area (Å²) in [7, 11) is 1.60. The van der Waals surface area contributed by atoms with Crippen molar-refractivity contribution >= 4 is 11.6 Å². The van der Waals surface area contributed by atoms with Gasteiger partial charge in [0.1, 0.15) is 0 Å². The molecule has 0 bridgehead atoms. The largest absolute Gasteiger partial charge is 0.481 e. The highest BCUT2D eigenvalue weighted by Crippen LogP contribution is 2.18. The van der Waals surface area contributed by atoms with Gasteiger partial charge in [0, 0.05) is 23.3 Å². The lowest BCUT2D eigenvalue weighted by molar-refractivity contribution is 0.397. The van der Waals surface area contributed by atoms with Crippen molar-refractivity contribution in [3.8, 4) is 5.88 Å². The standard InChI is InChI=1S/C15H18ClN3O/c1-20-15-7-6-11(10-18-15)8-13(19-17)9-12-4-2-3-5-14(12)16/h2-7,10,13,19H,8-9,17H2,1H3. The van der Waals surface area contributed by atoms with Crippen molar-refractivity contribution in [2.75, 3.05) is 7.11 Å². The summed E-state index contributed by atoms with van der Waals surface area (Å²) in [5.74, 6) is 6.24. The van der Waals surface area contributed by atoms with Gasteiger partial charge in [0.15, 0.2) is 0 Å². The first-order chi connectivity index (χ1) is 9.72. The third kappa shape index (κ3) is 3.93. The number of nitrogens with zero attached hydrogens (tertiary/aromatic N) is 1. The summed E-state index contributed by atoms with van der Waals surface area (Å²) < 4.78 is 5.04. The zero-order valence-corrected chi connectivity index (χ0v) is 12.1. The Bertz CT molecular complexity index is 545. The predicted molar refractivity (Wildman–Crippen MR) is 80.8 cm³/mol. The Morgan fingerprint density at radius 1 is 1.25 bits per heavy atom. The molecule has 0 aliphatic carbocycles. The summed E-state index contributed by atoms with van der Waals surface area (Å²) in [6.07, 6.45) is 3.34. The van der Waals surface area contributed by atoms with Crippen LogP contribution >= 0.6 is 11.6 Å². The van der Waals surface area contributed by atoms with Crippen LogP contribution in [0.4, 0.5) is 0 Å². The number of nitrogens with one attached hydrogen (secondary N) is 1. The molecule has 1 aromatic carbocycles. The minimum absolute atomic E-state index is 0.102. The van der Waals surface area contributed by atoms with Gasteiger partial charge in [-0.15, -0.1) is 0 Å². The van der Waals surface area contributed by atoms with Crippen LogP contribution in [0.5, 0.6) is 5.88 Å². The van der Waals surface area contributed by atoms with Crippen LogP contribution in [0.25, 0.3) is 0 Å². The Labute approximate surface area is 123 Å². The topological polar surface area (TPSA) is 60.2 Å². The second-order valence-electron chi connectivity index (χ2n) is 4.57. The van der Waals surface area contributed by atoms with Gasteiger partial charge in [0.25, 0.3) is 0 Å². The minimum Gasteiger partial charge on any atom is -0.481 e. The molecule has 0 aliphatic rings. The van der Waals surface area contributed by atoms with Crippen molar-refractivity contribution in [1.82, 2.24) is 10.4 Å². The first kappa shape index (κ1) is 14.8. The molecule has 4 nitrogen and oxygen atoms in total. The SMILES string of the molecule is COc1ccc(CC(Cc2ccccc2Cl)NN)cn1. The zero-order valence-electron chi connectivity index (χ0n) is 11.3. The monoisotopic (exact) mass is 291 g/mol. The molecule has 2 aromatic rings. The van der Waals surface area contributed by atoms with Gasteiger partial charge < -0.3 is 4.74 Å². The molecule has 106 valence electrons. The van der Waals surface area contributed by atoms with Crippen LogP contribution in [0.1, 0.15) is 11.1 Å². The lowest BCUT2D eigenvalue weighted by atomic mass is 10.0. The molecule has 0 amide bonds. The summed E-state index contributed by atoms with van der Waals surface area (Å²) in [6, 6.07) is 11.7. The first-order valence-corrected chi connectivity index (χ1v) is 6.79. The maximum atomic E-state index is 6.17. The van der Waals surface area contributed by atoms with E-state index >= 15 is 0 Å². The molecule has 1 heterocycles.